The van der Waals surface area contributed by atoms with Gasteiger partial charge in [0.1, 0.15) is 24.3 Å². The van der Waals surface area contributed by atoms with Crippen LogP contribution in [0, 0.1) is 12.7 Å². The number of carbonyl (C=O) groups is 2. The average molecular weight is 476 g/mol. The van der Waals surface area contributed by atoms with E-state index in [-0.39, 0.29) is 49.0 Å². The van der Waals surface area contributed by atoms with Gasteiger partial charge in [0.25, 0.3) is 5.91 Å². The maximum Gasteiger partial charge on any atom is 0.250 e. The van der Waals surface area contributed by atoms with Gasteiger partial charge < -0.3 is 19.9 Å². The Morgan fingerprint density at radius 2 is 1.66 bits per heavy atom. The number of hydrogen-bond donors (Lipinski definition) is 2. The zero-order valence-electron chi connectivity index (χ0n) is 19.3. The number of Topliss-reactive ketones (excluding diaryl/α,β-unsaturated/α-hetero) is 1. The number of phenolic OH excluding ortho intramolecular Hbond substituents is 1. The van der Waals surface area contributed by atoms with Crippen LogP contribution < -0.4 is 5.32 Å². The third-order valence-corrected chi connectivity index (χ3v) is 5.75. The fraction of sp³-hybridized carbons (Fsp3) is 0.214. The van der Waals surface area contributed by atoms with E-state index >= 15 is 0 Å². The predicted octanol–water partition coefficient (Wildman–Crippen LogP) is 4.31. The van der Waals surface area contributed by atoms with E-state index in [1.54, 1.807) is 24.3 Å². The highest BCUT2D eigenvalue weighted by Crippen LogP contribution is 2.35. The van der Waals surface area contributed by atoms with Crippen molar-refractivity contribution in [3.63, 3.8) is 0 Å². The molecule has 1 heterocycles. The van der Waals surface area contributed by atoms with Crippen molar-refractivity contribution in [2.24, 2.45) is 0 Å². The number of ether oxygens (including phenoxy) is 2. The van der Waals surface area contributed by atoms with Crippen LogP contribution in [0.15, 0.2) is 83.9 Å². The molecule has 1 atom stereocenters. The van der Waals surface area contributed by atoms with Crippen molar-refractivity contribution < 1.29 is 28.6 Å². The van der Waals surface area contributed by atoms with Gasteiger partial charge in [0.05, 0.1) is 18.8 Å². The van der Waals surface area contributed by atoms with Gasteiger partial charge >= 0.3 is 0 Å². The Kier molecular flexibility index (Phi) is 7.70. The van der Waals surface area contributed by atoms with Crippen LogP contribution in [-0.2, 0) is 32.2 Å². The maximum atomic E-state index is 13.5. The molecule has 0 aliphatic carbocycles. The van der Waals surface area contributed by atoms with Gasteiger partial charge in [0, 0.05) is 12.1 Å². The molecular weight excluding hydrogens is 449 g/mol. The second-order valence-corrected chi connectivity index (χ2v) is 8.39. The second kappa shape index (κ2) is 11.1. The molecule has 35 heavy (non-hydrogen) atoms. The van der Waals surface area contributed by atoms with E-state index in [1.165, 1.54) is 24.3 Å². The lowest BCUT2D eigenvalue weighted by molar-refractivity contribution is -0.121. The molecule has 3 aromatic carbocycles. The summed E-state index contributed by atoms with van der Waals surface area (Å²) in [5, 5.41) is 12.3. The largest absolute Gasteiger partial charge is 0.508 e. The van der Waals surface area contributed by atoms with Gasteiger partial charge in [-0.1, -0.05) is 54.1 Å². The highest BCUT2D eigenvalue weighted by molar-refractivity contribution is 6.07. The Bertz CT molecular complexity index is 1220. The number of phenols is 1. The molecular formula is C28H26FNO5. The molecule has 0 bridgehead atoms. The summed E-state index contributed by atoms with van der Waals surface area (Å²) in [6.07, 6.45) is -0.787. The van der Waals surface area contributed by atoms with Crippen LogP contribution in [0.3, 0.4) is 0 Å². The summed E-state index contributed by atoms with van der Waals surface area (Å²) in [5.41, 5.74) is 3.87. The van der Waals surface area contributed by atoms with E-state index in [1.807, 2.05) is 31.2 Å². The molecule has 180 valence electrons. The Balaban J connectivity index is 1.51. The quantitative estimate of drug-likeness (QED) is 0.482. The van der Waals surface area contributed by atoms with E-state index in [2.05, 4.69) is 5.32 Å². The summed E-state index contributed by atoms with van der Waals surface area (Å²) in [4.78, 5) is 26.2. The smallest absolute Gasteiger partial charge is 0.250 e. The minimum atomic E-state index is -0.787. The van der Waals surface area contributed by atoms with E-state index in [0.717, 1.165) is 16.7 Å². The Hall–Kier alpha value is -3.81. The molecule has 7 heteroatoms. The molecule has 0 fully saturated rings. The van der Waals surface area contributed by atoms with Gasteiger partial charge in [-0.2, -0.15) is 0 Å². The first-order chi connectivity index (χ1) is 16.9. The molecule has 0 saturated heterocycles. The van der Waals surface area contributed by atoms with Crippen LogP contribution in [0.1, 0.15) is 28.4 Å². The first-order valence-corrected chi connectivity index (χ1v) is 11.2. The van der Waals surface area contributed by atoms with Crippen molar-refractivity contribution in [1.82, 2.24) is 5.32 Å². The van der Waals surface area contributed by atoms with Gasteiger partial charge in [-0.25, -0.2) is 4.39 Å². The fourth-order valence-electron chi connectivity index (χ4n) is 3.80. The van der Waals surface area contributed by atoms with Crippen LogP contribution in [0.2, 0.25) is 0 Å². The van der Waals surface area contributed by atoms with E-state index < -0.39 is 17.8 Å². The Morgan fingerprint density at radius 3 is 2.34 bits per heavy atom. The first kappa shape index (κ1) is 24.3. The molecule has 6 nitrogen and oxygen atoms in total. The van der Waals surface area contributed by atoms with Crippen molar-refractivity contribution in [3.8, 4) is 5.75 Å². The van der Waals surface area contributed by atoms with Crippen molar-refractivity contribution >= 4 is 11.7 Å². The van der Waals surface area contributed by atoms with Gasteiger partial charge in [0.15, 0.2) is 5.78 Å². The molecule has 4 rings (SSSR count). The monoisotopic (exact) mass is 475 g/mol. The number of ketones is 1. The van der Waals surface area contributed by atoms with Crippen LogP contribution in [0.4, 0.5) is 4.39 Å². The van der Waals surface area contributed by atoms with Crippen LogP contribution in [0.25, 0.3) is 0 Å². The topological polar surface area (TPSA) is 84.9 Å². The zero-order valence-corrected chi connectivity index (χ0v) is 19.3. The van der Waals surface area contributed by atoms with E-state index in [4.69, 9.17) is 9.47 Å². The summed E-state index contributed by atoms with van der Waals surface area (Å²) in [6.45, 7) is 2.17. The summed E-state index contributed by atoms with van der Waals surface area (Å²) in [5.74, 6) is -1.03. The number of nitrogens with one attached hydrogen (secondary N) is 1. The van der Waals surface area contributed by atoms with Crippen molar-refractivity contribution in [3.05, 3.63) is 112 Å². The van der Waals surface area contributed by atoms with Gasteiger partial charge in [0.2, 0.25) is 0 Å². The minimum absolute atomic E-state index is 0.0449. The molecule has 3 aromatic rings. The molecule has 0 saturated carbocycles. The van der Waals surface area contributed by atoms with Crippen molar-refractivity contribution in [2.75, 3.05) is 13.2 Å². The molecule has 1 amide bonds. The maximum absolute atomic E-state index is 13.5. The molecule has 2 N–H and O–H groups in total. The van der Waals surface area contributed by atoms with Crippen molar-refractivity contribution in [2.45, 2.75) is 26.2 Å². The zero-order chi connectivity index (χ0) is 24.8. The molecule has 1 unspecified atom stereocenters. The standard InChI is InChI=1S/C28H26FNO5/c1-18-2-4-19(5-3-18)14-30-28(33)26-24(16-35-27(26)21-8-10-22(29)11-9-21)25(32)17-34-15-20-6-12-23(31)13-7-20/h2-13,27,31H,14-17H2,1H3,(H,30,33). The minimum Gasteiger partial charge on any atom is -0.508 e. The summed E-state index contributed by atoms with van der Waals surface area (Å²) in [7, 11) is 0. The lowest BCUT2D eigenvalue weighted by Gasteiger charge is -2.16. The highest BCUT2D eigenvalue weighted by atomic mass is 19.1. The number of aryl methyl sites for hydroxylation is 1. The predicted molar refractivity (Wildman–Crippen MR) is 128 cm³/mol. The number of hydrogen-bond acceptors (Lipinski definition) is 5. The SMILES string of the molecule is Cc1ccc(CNC(=O)C2=C(C(=O)COCc3ccc(O)cc3)COC2c2ccc(F)cc2)cc1. The average Bonchev–Trinajstić information content (AvgIpc) is 3.30. The summed E-state index contributed by atoms with van der Waals surface area (Å²) >= 11 is 0. The summed E-state index contributed by atoms with van der Waals surface area (Å²) < 4.78 is 24.8. The second-order valence-electron chi connectivity index (χ2n) is 8.39. The molecule has 0 spiro atoms. The van der Waals surface area contributed by atoms with Gasteiger partial charge in [-0.3, -0.25) is 9.59 Å². The molecule has 0 aromatic heterocycles. The third kappa shape index (κ3) is 6.20. The molecule has 0 radical (unpaired) electrons. The third-order valence-electron chi connectivity index (χ3n) is 5.75. The first-order valence-electron chi connectivity index (χ1n) is 11.2. The lowest BCUT2D eigenvalue weighted by Crippen LogP contribution is -2.28. The number of aromatic hydroxyl groups is 1. The highest BCUT2D eigenvalue weighted by Gasteiger charge is 2.35. The Labute approximate surface area is 203 Å². The van der Waals surface area contributed by atoms with Crippen LogP contribution in [-0.4, -0.2) is 30.0 Å². The summed E-state index contributed by atoms with van der Waals surface area (Å²) in [6, 6.07) is 19.9. The number of halogens is 1. The number of benzene rings is 3. The van der Waals surface area contributed by atoms with Gasteiger partial charge in [-0.15, -0.1) is 0 Å². The van der Waals surface area contributed by atoms with Crippen LogP contribution in [0.5, 0.6) is 5.75 Å². The number of amides is 1. The Morgan fingerprint density at radius 1 is 1.00 bits per heavy atom. The number of carbonyl (C=O) groups excluding carboxylic acids is 2. The van der Waals surface area contributed by atoms with E-state index in [0.29, 0.717) is 5.56 Å². The van der Waals surface area contributed by atoms with E-state index in [9.17, 15) is 19.1 Å². The van der Waals surface area contributed by atoms with Gasteiger partial charge in [-0.05, 0) is 47.9 Å². The fourth-order valence-corrected chi connectivity index (χ4v) is 3.80. The molecule has 1 aliphatic rings. The van der Waals surface area contributed by atoms with Crippen LogP contribution >= 0.6 is 0 Å². The molecule has 1 aliphatic heterocycles. The van der Waals surface area contributed by atoms with Crippen molar-refractivity contribution in [1.29, 1.82) is 0 Å². The number of rotatable bonds is 9. The normalized spacial score (nSPS) is 15.3. The lowest BCUT2D eigenvalue weighted by atomic mass is 9.96.